The third-order valence-corrected chi connectivity index (χ3v) is 3.07. The Bertz CT molecular complexity index is 393. The molecule has 0 atom stereocenters. The van der Waals surface area contributed by atoms with Crippen molar-refractivity contribution in [3.63, 3.8) is 0 Å². The zero-order valence-electron chi connectivity index (χ0n) is 7.29. The maximum atomic E-state index is 12.4. The predicted molar refractivity (Wildman–Crippen MR) is 55.8 cm³/mol. The third-order valence-electron chi connectivity index (χ3n) is 1.54. The minimum absolute atomic E-state index is 0.172. The van der Waals surface area contributed by atoms with Crippen molar-refractivity contribution < 1.29 is 26.7 Å². The Morgan fingerprint density at radius 3 is 2.25 bits per heavy atom. The smallest absolute Gasteiger partial charge is 0.420 e. The predicted octanol–water partition coefficient (Wildman–Crippen LogP) is 4.56. The molecule has 0 saturated carbocycles. The lowest BCUT2D eigenvalue weighted by molar-refractivity contribution is -0.141. The number of ether oxygens (including phenoxy) is 1. The molecule has 90 valence electrons. The highest BCUT2D eigenvalue weighted by Crippen LogP contribution is 2.40. The molecule has 0 N–H and O–H groups in total. The molecule has 16 heavy (non-hydrogen) atoms. The van der Waals surface area contributed by atoms with Crippen LogP contribution in [0.25, 0.3) is 0 Å². The number of rotatable bonds is 2. The molecular weight excluding hydrogens is 369 g/mol. The average Bonchev–Trinajstić information content (AvgIpc) is 2.08. The number of hydrogen-bond acceptors (Lipinski definition) is 1. The number of benzene rings is 1. The van der Waals surface area contributed by atoms with Crippen LogP contribution in [0.15, 0.2) is 12.1 Å². The zero-order valence-corrected chi connectivity index (χ0v) is 10.2. The summed E-state index contributed by atoms with van der Waals surface area (Å²) in [6, 6.07) is 1.37. The number of alkyl halides is 5. The molecular formula is C8H3ClF5IO. The molecule has 1 nitrogen and oxygen atoms in total. The van der Waals surface area contributed by atoms with Crippen LogP contribution in [0, 0.1) is 3.57 Å². The number of hydrogen-bond donors (Lipinski definition) is 0. The fourth-order valence-corrected chi connectivity index (χ4v) is 1.55. The minimum Gasteiger partial charge on any atom is -0.434 e. The summed E-state index contributed by atoms with van der Waals surface area (Å²) in [6.45, 7) is -3.32. The summed E-state index contributed by atoms with van der Waals surface area (Å²) in [7, 11) is 0. The van der Waals surface area contributed by atoms with Gasteiger partial charge in [0, 0.05) is 3.57 Å². The fraction of sp³-hybridized carbons (Fsp3) is 0.250. The summed E-state index contributed by atoms with van der Waals surface area (Å²) < 4.78 is 65.1. The lowest BCUT2D eigenvalue weighted by Crippen LogP contribution is -2.11. The van der Waals surface area contributed by atoms with Gasteiger partial charge in [0.2, 0.25) is 0 Å². The van der Waals surface area contributed by atoms with Crippen LogP contribution in [0.3, 0.4) is 0 Å². The molecule has 0 fully saturated rings. The Hall–Kier alpha value is -0.310. The fourth-order valence-electron chi connectivity index (χ4n) is 0.944. The molecule has 1 aromatic rings. The van der Waals surface area contributed by atoms with Crippen LogP contribution >= 0.6 is 34.2 Å². The third kappa shape index (κ3) is 3.34. The lowest BCUT2D eigenvalue weighted by atomic mass is 10.2. The van der Waals surface area contributed by atoms with E-state index >= 15 is 0 Å². The van der Waals surface area contributed by atoms with Gasteiger partial charge in [-0.2, -0.15) is 22.0 Å². The van der Waals surface area contributed by atoms with E-state index in [9.17, 15) is 22.0 Å². The van der Waals surface area contributed by atoms with E-state index in [4.69, 9.17) is 11.6 Å². The molecule has 0 amide bonds. The van der Waals surface area contributed by atoms with Crippen molar-refractivity contribution in [2.24, 2.45) is 0 Å². The van der Waals surface area contributed by atoms with Crippen molar-refractivity contribution in [1.29, 1.82) is 0 Å². The molecule has 0 saturated heterocycles. The van der Waals surface area contributed by atoms with E-state index in [1.165, 1.54) is 0 Å². The van der Waals surface area contributed by atoms with Crippen molar-refractivity contribution in [3.05, 3.63) is 26.3 Å². The second-order valence-corrected chi connectivity index (χ2v) is 4.21. The Kier molecular flexibility index (Phi) is 4.22. The molecule has 0 bridgehead atoms. The van der Waals surface area contributed by atoms with Gasteiger partial charge in [-0.1, -0.05) is 11.6 Å². The maximum absolute atomic E-state index is 12.4. The van der Waals surface area contributed by atoms with E-state index in [0.29, 0.717) is 6.07 Å². The summed E-state index contributed by atoms with van der Waals surface area (Å²) in [5, 5.41) is -0.172. The number of halogens is 7. The van der Waals surface area contributed by atoms with Gasteiger partial charge < -0.3 is 4.74 Å². The molecule has 0 heterocycles. The van der Waals surface area contributed by atoms with Crippen LogP contribution in [0.5, 0.6) is 5.75 Å². The molecule has 0 unspecified atom stereocenters. The van der Waals surface area contributed by atoms with Crippen molar-refractivity contribution in [1.82, 2.24) is 0 Å². The lowest BCUT2D eigenvalue weighted by Gasteiger charge is -2.14. The SMILES string of the molecule is FC(F)Oc1cc(I)c(Cl)cc1C(F)(F)F. The molecule has 0 aliphatic heterocycles. The molecule has 1 rings (SSSR count). The molecule has 1 aromatic carbocycles. The van der Waals surface area contributed by atoms with E-state index in [1.54, 1.807) is 22.6 Å². The van der Waals surface area contributed by atoms with Crippen LogP contribution in [-0.4, -0.2) is 6.61 Å². The molecule has 0 aromatic heterocycles. The van der Waals surface area contributed by atoms with Crippen molar-refractivity contribution in [3.8, 4) is 5.75 Å². The van der Waals surface area contributed by atoms with Gasteiger partial charge in [-0.05, 0) is 34.7 Å². The van der Waals surface area contributed by atoms with Crippen LogP contribution < -0.4 is 4.74 Å². The van der Waals surface area contributed by atoms with E-state index in [2.05, 4.69) is 4.74 Å². The van der Waals surface area contributed by atoms with Crippen LogP contribution in [0.1, 0.15) is 5.56 Å². The van der Waals surface area contributed by atoms with Crippen molar-refractivity contribution in [2.45, 2.75) is 12.8 Å². The summed E-state index contributed by atoms with van der Waals surface area (Å²) in [5.41, 5.74) is -1.32. The first-order valence-corrected chi connectivity index (χ1v) is 5.18. The maximum Gasteiger partial charge on any atom is 0.420 e. The Balaban J connectivity index is 3.28. The van der Waals surface area contributed by atoms with Crippen molar-refractivity contribution in [2.75, 3.05) is 0 Å². The van der Waals surface area contributed by atoms with E-state index < -0.39 is 24.1 Å². The van der Waals surface area contributed by atoms with Crippen LogP contribution in [-0.2, 0) is 6.18 Å². The zero-order chi connectivity index (χ0) is 12.5. The van der Waals surface area contributed by atoms with Gasteiger partial charge in [0.1, 0.15) is 5.75 Å². The first-order valence-electron chi connectivity index (χ1n) is 3.73. The Morgan fingerprint density at radius 1 is 1.25 bits per heavy atom. The van der Waals surface area contributed by atoms with Gasteiger partial charge in [0.25, 0.3) is 0 Å². The summed E-state index contributed by atoms with van der Waals surface area (Å²) in [4.78, 5) is 0. The highest BCUT2D eigenvalue weighted by molar-refractivity contribution is 14.1. The van der Waals surface area contributed by atoms with Gasteiger partial charge >= 0.3 is 12.8 Å². The van der Waals surface area contributed by atoms with Gasteiger partial charge in [-0.15, -0.1) is 0 Å². The first kappa shape index (κ1) is 13.8. The summed E-state index contributed by atoms with van der Waals surface area (Å²) >= 11 is 7.10. The monoisotopic (exact) mass is 372 g/mol. The van der Waals surface area contributed by atoms with Crippen molar-refractivity contribution >= 4 is 34.2 Å². The van der Waals surface area contributed by atoms with E-state index in [-0.39, 0.29) is 8.59 Å². The normalized spacial score (nSPS) is 12.0. The Labute approximate surface area is 106 Å². The molecule has 0 aliphatic carbocycles. The second-order valence-electron chi connectivity index (χ2n) is 2.64. The molecule has 0 aliphatic rings. The largest absolute Gasteiger partial charge is 0.434 e. The van der Waals surface area contributed by atoms with Crippen LogP contribution in [0.2, 0.25) is 5.02 Å². The quantitative estimate of drug-likeness (QED) is 0.546. The minimum atomic E-state index is -4.79. The van der Waals surface area contributed by atoms with Gasteiger partial charge in [-0.25, -0.2) is 0 Å². The second kappa shape index (κ2) is 4.91. The molecule has 8 heteroatoms. The average molecular weight is 372 g/mol. The van der Waals surface area contributed by atoms with Gasteiger partial charge in [0.15, 0.2) is 0 Å². The molecule has 0 radical (unpaired) electrons. The first-order chi connectivity index (χ1) is 7.21. The van der Waals surface area contributed by atoms with Gasteiger partial charge in [0.05, 0.1) is 10.6 Å². The van der Waals surface area contributed by atoms with Crippen LogP contribution in [0.4, 0.5) is 22.0 Å². The highest BCUT2D eigenvalue weighted by atomic mass is 127. The van der Waals surface area contributed by atoms with E-state index in [0.717, 1.165) is 6.07 Å². The highest BCUT2D eigenvalue weighted by Gasteiger charge is 2.35. The van der Waals surface area contributed by atoms with E-state index in [1.807, 2.05) is 0 Å². The topological polar surface area (TPSA) is 9.23 Å². The van der Waals surface area contributed by atoms with Gasteiger partial charge in [-0.3, -0.25) is 0 Å². The molecule has 0 spiro atoms. The summed E-state index contributed by atoms with van der Waals surface area (Å²) in [6.07, 6.45) is -4.79. The Morgan fingerprint density at radius 2 is 1.81 bits per heavy atom. The standard InChI is InChI=1S/C8H3ClF5IO/c9-4-1-3(8(12,13)14)6(2-5(4)15)16-7(10)11/h1-2,7H. The summed E-state index contributed by atoms with van der Waals surface area (Å²) in [5.74, 6) is -0.934.